The molecule has 0 atom stereocenters. The summed E-state index contributed by atoms with van der Waals surface area (Å²) in [6, 6.07) is 0.0194. The molecule has 18 heavy (non-hydrogen) atoms. The van der Waals surface area contributed by atoms with Crippen molar-refractivity contribution in [1.29, 1.82) is 0 Å². The number of urea groups is 1. The molecule has 1 heterocycles. The summed E-state index contributed by atoms with van der Waals surface area (Å²) in [7, 11) is 0. The molecule has 2 aliphatic rings. The average Bonchev–Trinajstić information content (AvgIpc) is 2.27. The van der Waals surface area contributed by atoms with Crippen molar-refractivity contribution < 1.29 is 14.7 Å². The summed E-state index contributed by atoms with van der Waals surface area (Å²) in [6.45, 7) is 3.45. The minimum atomic E-state index is -0.736. The number of piperidine rings is 1. The van der Waals surface area contributed by atoms with Crippen LogP contribution < -0.4 is 5.32 Å². The molecule has 0 radical (unpaired) electrons. The van der Waals surface area contributed by atoms with Crippen molar-refractivity contribution >= 4 is 12.0 Å². The van der Waals surface area contributed by atoms with Crippen LogP contribution in [0.3, 0.4) is 0 Å². The van der Waals surface area contributed by atoms with Crippen molar-refractivity contribution in [3.05, 3.63) is 0 Å². The first-order valence-electron chi connectivity index (χ1n) is 6.77. The molecule has 1 saturated carbocycles. The second kappa shape index (κ2) is 5.16. The van der Waals surface area contributed by atoms with Gasteiger partial charge in [0.1, 0.15) is 0 Å². The summed E-state index contributed by atoms with van der Waals surface area (Å²) >= 11 is 0. The molecule has 1 aliphatic heterocycles. The zero-order chi connectivity index (χ0) is 13.2. The SMILES string of the molecule is CC1(NC(=O)N2CCC(CC(=O)O)CC2)CCC1. The Morgan fingerprint density at radius 3 is 2.39 bits per heavy atom. The van der Waals surface area contributed by atoms with Gasteiger partial charge in [0, 0.05) is 25.0 Å². The third-order valence-corrected chi connectivity index (χ3v) is 4.23. The number of hydrogen-bond donors (Lipinski definition) is 2. The monoisotopic (exact) mass is 254 g/mol. The number of carboxylic acid groups (broad SMARTS) is 1. The molecule has 0 spiro atoms. The van der Waals surface area contributed by atoms with Crippen LogP contribution in [0.1, 0.15) is 45.4 Å². The van der Waals surface area contributed by atoms with E-state index in [1.807, 2.05) is 4.90 Å². The largest absolute Gasteiger partial charge is 0.481 e. The highest BCUT2D eigenvalue weighted by atomic mass is 16.4. The zero-order valence-corrected chi connectivity index (χ0v) is 10.9. The second-order valence-corrected chi connectivity index (χ2v) is 5.87. The number of rotatable bonds is 3. The predicted molar refractivity (Wildman–Crippen MR) is 67.3 cm³/mol. The lowest BCUT2D eigenvalue weighted by atomic mass is 9.79. The maximum atomic E-state index is 12.0. The average molecular weight is 254 g/mol. The van der Waals surface area contributed by atoms with Crippen molar-refractivity contribution in [3.8, 4) is 0 Å². The van der Waals surface area contributed by atoms with E-state index in [1.54, 1.807) is 0 Å². The fraction of sp³-hybridized carbons (Fsp3) is 0.846. The molecule has 1 saturated heterocycles. The van der Waals surface area contributed by atoms with Gasteiger partial charge in [-0.05, 0) is 44.9 Å². The standard InChI is InChI=1S/C13H22N2O3/c1-13(5-2-6-13)14-12(18)15-7-3-10(4-8-15)9-11(16)17/h10H,2-9H2,1H3,(H,14,18)(H,16,17). The Balaban J connectivity index is 1.75. The molecule has 2 amide bonds. The molecular formula is C13H22N2O3. The van der Waals surface area contributed by atoms with E-state index in [1.165, 1.54) is 6.42 Å². The van der Waals surface area contributed by atoms with Crippen molar-refractivity contribution in [2.45, 2.75) is 51.0 Å². The van der Waals surface area contributed by atoms with Gasteiger partial charge in [-0.1, -0.05) is 0 Å². The van der Waals surface area contributed by atoms with Crippen molar-refractivity contribution in [1.82, 2.24) is 10.2 Å². The number of carbonyl (C=O) groups excluding carboxylic acids is 1. The van der Waals surface area contributed by atoms with Gasteiger partial charge < -0.3 is 15.3 Å². The molecule has 0 unspecified atom stereocenters. The Labute approximate surface area is 108 Å². The highest BCUT2D eigenvalue weighted by molar-refractivity contribution is 5.75. The summed E-state index contributed by atoms with van der Waals surface area (Å²) in [5.74, 6) is -0.509. The van der Waals surface area contributed by atoms with Gasteiger partial charge in [0.2, 0.25) is 0 Å². The number of nitrogens with zero attached hydrogens (tertiary/aromatic N) is 1. The molecule has 0 aromatic rings. The Morgan fingerprint density at radius 1 is 1.33 bits per heavy atom. The highest BCUT2D eigenvalue weighted by Gasteiger charge is 2.35. The number of nitrogens with one attached hydrogen (secondary N) is 1. The molecule has 2 rings (SSSR count). The zero-order valence-electron chi connectivity index (χ0n) is 10.9. The van der Waals surface area contributed by atoms with Crippen molar-refractivity contribution in [2.24, 2.45) is 5.92 Å². The van der Waals surface area contributed by atoms with Crippen molar-refractivity contribution in [2.75, 3.05) is 13.1 Å². The molecule has 1 aliphatic carbocycles. The van der Waals surface area contributed by atoms with Crippen molar-refractivity contribution in [3.63, 3.8) is 0 Å². The van der Waals surface area contributed by atoms with Gasteiger partial charge >= 0.3 is 12.0 Å². The van der Waals surface area contributed by atoms with Crippen LogP contribution in [-0.2, 0) is 4.79 Å². The second-order valence-electron chi connectivity index (χ2n) is 5.87. The number of amides is 2. The number of carbonyl (C=O) groups is 2. The van der Waals surface area contributed by atoms with Crippen LogP contribution in [0.15, 0.2) is 0 Å². The van der Waals surface area contributed by atoms with E-state index < -0.39 is 5.97 Å². The Hall–Kier alpha value is -1.26. The Kier molecular flexibility index (Phi) is 3.78. The van der Waals surface area contributed by atoms with Gasteiger partial charge in [0.05, 0.1) is 0 Å². The molecule has 102 valence electrons. The van der Waals surface area contributed by atoms with Gasteiger partial charge in [-0.25, -0.2) is 4.79 Å². The quantitative estimate of drug-likeness (QED) is 0.807. The van der Waals surface area contributed by atoms with Gasteiger partial charge in [-0.2, -0.15) is 0 Å². The summed E-state index contributed by atoms with van der Waals surface area (Å²) in [4.78, 5) is 24.5. The van der Waals surface area contributed by atoms with E-state index in [-0.39, 0.29) is 23.9 Å². The van der Waals surface area contributed by atoms with Gasteiger partial charge in [-0.3, -0.25) is 4.79 Å². The van der Waals surface area contributed by atoms with Crippen LogP contribution >= 0.6 is 0 Å². The van der Waals surface area contributed by atoms with Crippen LogP contribution in [0.4, 0.5) is 4.79 Å². The van der Waals surface area contributed by atoms with Crippen LogP contribution in [0.2, 0.25) is 0 Å². The fourth-order valence-corrected chi connectivity index (χ4v) is 2.76. The first kappa shape index (κ1) is 13.2. The van der Waals surface area contributed by atoms with E-state index in [0.717, 1.165) is 25.7 Å². The third kappa shape index (κ3) is 3.15. The third-order valence-electron chi connectivity index (χ3n) is 4.23. The predicted octanol–water partition coefficient (Wildman–Crippen LogP) is 1.83. The first-order valence-corrected chi connectivity index (χ1v) is 6.77. The molecule has 0 bridgehead atoms. The van der Waals surface area contributed by atoms with Crippen LogP contribution in [0, 0.1) is 5.92 Å². The smallest absolute Gasteiger partial charge is 0.317 e. The fourth-order valence-electron chi connectivity index (χ4n) is 2.76. The van der Waals surface area contributed by atoms with Crippen LogP contribution in [0.25, 0.3) is 0 Å². The van der Waals surface area contributed by atoms with Crippen LogP contribution in [0.5, 0.6) is 0 Å². The number of aliphatic carboxylic acids is 1. The summed E-state index contributed by atoms with van der Waals surface area (Å²) in [5, 5.41) is 11.8. The van der Waals surface area contributed by atoms with E-state index in [0.29, 0.717) is 13.1 Å². The Morgan fingerprint density at radius 2 is 1.94 bits per heavy atom. The lowest BCUT2D eigenvalue weighted by Crippen LogP contribution is -2.56. The summed E-state index contributed by atoms with van der Waals surface area (Å²) < 4.78 is 0. The van der Waals surface area contributed by atoms with Gasteiger partial charge in [-0.15, -0.1) is 0 Å². The number of hydrogen-bond acceptors (Lipinski definition) is 2. The lowest BCUT2D eigenvalue weighted by molar-refractivity contribution is -0.138. The Bertz CT molecular complexity index is 331. The number of likely N-dealkylation sites (tertiary alicyclic amines) is 1. The normalized spacial score (nSPS) is 23.3. The van der Waals surface area contributed by atoms with E-state index >= 15 is 0 Å². The molecule has 0 aromatic carbocycles. The highest BCUT2D eigenvalue weighted by Crippen LogP contribution is 2.31. The molecular weight excluding hydrogens is 232 g/mol. The lowest BCUT2D eigenvalue weighted by Gasteiger charge is -2.41. The molecule has 0 aromatic heterocycles. The van der Waals surface area contributed by atoms with Gasteiger partial charge in [0.25, 0.3) is 0 Å². The van der Waals surface area contributed by atoms with E-state index in [9.17, 15) is 9.59 Å². The van der Waals surface area contributed by atoms with E-state index in [2.05, 4.69) is 12.2 Å². The molecule has 5 nitrogen and oxygen atoms in total. The summed E-state index contributed by atoms with van der Waals surface area (Å²) in [5.41, 5.74) is -0.00496. The van der Waals surface area contributed by atoms with E-state index in [4.69, 9.17) is 5.11 Å². The van der Waals surface area contributed by atoms with Crippen LogP contribution in [-0.4, -0.2) is 40.6 Å². The minimum Gasteiger partial charge on any atom is -0.481 e. The molecule has 2 fully saturated rings. The number of carboxylic acids is 1. The maximum Gasteiger partial charge on any atom is 0.317 e. The molecule has 2 N–H and O–H groups in total. The van der Waals surface area contributed by atoms with Gasteiger partial charge in [0.15, 0.2) is 0 Å². The first-order chi connectivity index (χ1) is 8.48. The summed E-state index contributed by atoms with van der Waals surface area (Å²) in [6.07, 6.45) is 5.15. The minimum absolute atomic E-state index is 0.00496. The maximum absolute atomic E-state index is 12.0. The molecule has 5 heteroatoms. The topological polar surface area (TPSA) is 69.6 Å².